The van der Waals surface area contributed by atoms with Gasteiger partial charge in [0.05, 0.1) is 0 Å². The van der Waals surface area contributed by atoms with Gasteiger partial charge in [-0.15, -0.1) is 0 Å². The van der Waals surface area contributed by atoms with Crippen molar-refractivity contribution in [3.63, 3.8) is 0 Å². The van der Waals surface area contributed by atoms with Crippen molar-refractivity contribution in [3.05, 3.63) is 168 Å². The van der Waals surface area contributed by atoms with Crippen LogP contribution >= 0.6 is 0 Å². The summed E-state index contributed by atoms with van der Waals surface area (Å²) in [7, 11) is 0. The molecule has 6 aromatic carbocycles. The molecule has 0 atom stereocenters. The van der Waals surface area contributed by atoms with E-state index in [1.807, 2.05) is 42.5 Å². The molecule has 0 unspecified atom stereocenters. The number of aromatic hydroxyl groups is 2. The summed E-state index contributed by atoms with van der Waals surface area (Å²) in [6, 6.07) is 48.9. The molecular weight excluding hydrogens is 629 g/mol. The van der Waals surface area contributed by atoms with Crippen LogP contribution in [0.4, 0.5) is 0 Å². The largest absolute Gasteiger partial charge is 0.508 e. The average Bonchev–Trinajstić information content (AvgIpc) is 3.68. The zero-order valence-corrected chi connectivity index (χ0v) is 28.9. The minimum Gasteiger partial charge on any atom is -0.508 e. The lowest BCUT2D eigenvalue weighted by Crippen LogP contribution is -2.30. The number of para-hydroxylation sites is 2. The van der Waals surface area contributed by atoms with Gasteiger partial charge >= 0.3 is 0 Å². The highest BCUT2D eigenvalue weighted by Crippen LogP contribution is 2.48. The number of phenols is 2. The summed E-state index contributed by atoms with van der Waals surface area (Å²) in [6.45, 7) is 0. The third-order valence-electron chi connectivity index (χ3n) is 11.3. The van der Waals surface area contributed by atoms with Crippen molar-refractivity contribution in [2.45, 2.75) is 68.6 Å². The van der Waals surface area contributed by atoms with Crippen molar-refractivity contribution < 1.29 is 19.7 Å². The lowest BCUT2D eigenvalue weighted by Gasteiger charge is -2.38. The highest BCUT2D eigenvalue weighted by atomic mass is 16.5. The molecule has 0 bridgehead atoms. The first-order valence-electron chi connectivity index (χ1n) is 18.4. The van der Waals surface area contributed by atoms with Crippen molar-refractivity contribution in [1.29, 1.82) is 0 Å². The number of rotatable bonds is 9. The normalized spacial score (nSPS) is 16.4. The van der Waals surface area contributed by atoms with Crippen LogP contribution in [-0.4, -0.2) is 10.2 Å². The predicted octanol–water partition coefficient (Wildman–Crippen LogP) is 12.5. The van der Waals surface area contributed by atoms with Crippen molar-refractivity contribution in [2.75, 3.05) is 0 Å². The molecule has 0 saturated heterocycles. The maximum Gasteiger partial charge on any atom is 0.135 e. The van der Waals surface area contributed by atoms with Gasteiger partial charge in [-0.05, 0) is 109 Å². The quantitative estimate of drug-likeness (QED) is 0.160. The Kier molecular flexibility index (Phi) is 9.00. The van der Waals surface area contributed by atoms with Crippen LogP contribution in [0.15, 0.2) is 146 Å². The van der Waals surface area contributed by atoms with Crippen LogP contribution in [-0.2, 0) is 10.8 Å². The first-order chi connectivity index (χ1) is 25.0. The molecule has 0 amide bonds. The summed E-state index contributed by atoms with van der Waals surface area (Å²) in [4.78, 5) is 0. The molecule has 4 heteroatoms. The Morgan fingerprint density at radius 2 is 0.765 bits per heavy atom. The molecule has 8 rings (SSSR count). The molecule has 0 aliphatic heterocycles. The maximum atomic E-state index is 10.5. The molecule has 2 fully saturated rings. The topological polar surface area (TPSA) is 58.9 Å². The third-order valence-corrected chi connectivity index (χ3v) is 11.3. The van der Waals surface area contributed by atoms with Gasteiger partial charge in [-0.2, -0.15) is 0 Å². The van der Waals surface area contributed by atoms with Gasteiger partial charge < -0.3 is 19.7 Å². The second-order valence-electron chi connectivity index (χ2n) is 14.3. The van der Waals surface area contributed by atoms with Crippen molar-refractivity contribution in [2.24, 2.45) is 0 Å². The SMILES string of the molecule is Oc1ccc(C2(c3ccc(Oc4ccc(C5(c6ccc(Oc7ccccc7-c7ccccc7O)cc6)CCCCC5)cc4)cc3)CCCC2)cc1. The van der Waals surface area contributed by atoms with Crippen molar-refractivity contribution in [1.82, 2.24) is 0 Å². The molecule has 256 valence electrons. The van der Waals surface area contributed by atoms with Gasteiger partial charge in [-0.25, -0.2) is 0 Å². The summed E-state index contributed by atoms with van der Waals surface area (Å²) in [5.74, 6) is 3.68. The summed E-state index contributed by atoms with van der Waals surface area (Å²) in [6.07, 6.45) is 10.5. The summed E-state index contributed by atoms with van der Waals surface area (Å²) >= 11 is 0. The van der Waals surface area contributed by atoms with E-state index in [1.165, 1.54) is 54.4 Å². The van der Waals surface area contributed by atoms with E-state index in [2.05, 4.69) is 84.9 Å². The maximum absolute atomic E-state index is 10.5. The van der Waals surface area contributed by atoms with E-state index in [-0.39, 0.29) is 16.6 Å². The standard InChI is InChI=1S/C47H44O4/c48-38-22-14-34(15-23-38)47(32-8-9-33-47)36-18-26-40(27-19-36)50-39-24-16-35(17-25-39)46(30-6-1-7-31-46)37-20-28-41(29-21-37)51-45-13-5-3-11-43(45)42-10-2-4-12-44(42)49/h2-5,10-29,48-49H,1,6-9,30-33H2. The van der Waals surface area contributed by atoms with Crippen LogP contribution < -0.4 is 9.47 Å². The Bertz CT molecular complexity index is 2070. The fraction of sp³-hybridized carbons (Fsp3) is 0.234. The van der Waals surface area contributed by atoms with Crippen LogP contribution in [0.1, 0.15) is 80.0 Å². The number of ether oxygens (including phenoxy) is 2. The zero-order chi connectivity index (χ0) is 34.7. The molecule has 0 aromatic heterocycles. The number of phenolic OH excluding ortho intramolecular Hbond substituents is 2. The summed E-state index contributed by atoms with van der Waals surface area (Å²) in [5.41, 5.74) is 6.74. The van der Waals surface area contributed by atoms with Gasteiger partial charge in [0, 0.05) is 22.0 Å². The van der Waals surface area contributed by atoms with E-state index in [1.54, 1.807) is 18.2 Å². The Morgan fingerprint density at radius 1 is 0.373 bits per heavy atom. The van der Waals surface area contributed by atoms with Gasteiger partial charge in [0.2, 0.25) is 0 Å². The van der Waals surface area contributed by atoms with E-state index in [4.69, 9.17) is 9.47 Å². The smallest absolute Gasteiger partial charge is 0.135 e. The first-order valence-corrected chi connectivity index (χ1v) is 18.4. The molecule has 51 heavy (non-hydrogen) atoms. The first kappa shape index (κ1) is 32.7. The molecule has 2 saturated carbocycles. The van der Waals surface area contributed by atoms with Crippen LogP contribution in [0.2, 0.25) is 0 Å². The molecule has 2 aliphatic carbocycles. The van der Waals surface area contributed by atoms with Gasteiger partial charge in [0.1, 0.15) is 34.5 Å². The average molecular weight is 673 g/mol. The van der Waals surface area contributed by atoms with Gasteiger partial charge in [-0.1, -0.05) is 117 Å². The number of hydrogen-bond donors (Lipinski definition) is 2. The third kappa shape index (κ3) is 6.47. The fourth-order valence-electron chi connectivity index (χ4n) is 8.67. The van der Waals surface area contributed by atoms with Crippen LogP contribution in [0.3, 0.4) is 0 Å². The minimum atomic E-state index is -0.0610. The van der Waals surface area contributed by atoms with Crippen molar-refractivity contribution >= 4 is 0 Å². The lowest BCUT2D eigenvalue weighted by atomic mass is 9.65. The van der Waals surface area contributed by atoms with E-state index >= 15 is 0 Å². The second kappa shape index (κ2) is 14.0. The lowest BCUT2D eigenvalue weighted by molar-refractivity contribution is 0.345. The van der Waals surface area contributed by atoms with Gasteiger partial charge in [0.25, 0.3) is 0 Å². The Hall–Kier alpha value is -5.48. The molecular formula is C47H44O4. The van der Waals surface area contributed by atoms with E-state index in [0.717, 1.165) is 54.1 Å². The van der Waals surface area contributed by atoms with Crippen molar-refractivity contribution in [3.8, 4) is 45.6 Å². The molecule has 2 aliphatic rings. The zero-order valence-electron chi connectivity index (χ0n) is 28.9. The highest BCUT2D eigenvalue weighted by Gasteiger charge is 2.38. The van der Waals surface area contributed by atoms with Crippen LogP contribution in [0.5, 0.6) is 34.5 Å². The van der Waals surface area contributed by atoms with E-state index in [0.29, 0.717) is 11.5 Å². The Balaban J connectivity index is 0.999. The van der Waals surface area contributed by atoms with Crippen LogP contribution in [0, 0.1) is 0 Å². The second-order valence-corrected chi connectivity index (χ2v) is 14.3. The molecule has 0 spiro atoms. The molecule has 0 radical (unpaired) electrons. The molecule has 4 nitrogen and oxygen atoms in total. The molecule has 0 heterocycles. The van der Waals surface area contributed by atoms with Gasteiger partial charge in [-0.3, -0.25) is 0 Å². The van der Waals surface area contributed by atoms with E-state index in [9.17, 15) is 10.2 Å². The molecule has 2 N–H and O–H groups in total. The monoisotopic (exact) mass is 672 g/mol. The summed E-state index contributed by atoms with van der Waals surface area (Å²) < 4.78 is 12.8. The van der Waals surface area contributed by atoms with Crippen LogP contribution in [0.25, 0.3) is 11.1 Å². The minimum absolute atomic E-state index is 0.0108. The molecule has 6 aromatic rings. The highest BCUT2D eigenvalue weighted by molar-refractivity contribution is 5.75. The summed E-state index contributed by atoms with van der Waals surface area (Å²) in [5, 5.41) is 20.4. The predicted molar refractivity (Wildman–Crippen MR) is 204 cm³/mol. The Morgan fingerprint density at radius 3 is 1.25 bits per heavy atom. The number of benzene rings is 6. The van der Waals surface area contributed by atoms with E-state index < -0.39 is 0 Å². The number of hydrogen-bond acceptors (Lipinski definition) is 4. The fourth-order valence-corrected chi connectivity index (χ4v) is 8.67. The van der Waals surface area contributed by atoms with Gasteiger partial charge in [0.15, 0.2) is 0 Å². The Labute approximate surface area is 301 Å².